The first-order valence-electron chi connectivity index (χ1n) is 10.6. The number of methoxy groups -OCH3 is 2. The van der Waals surface area contributed by atoms with Gasteiger partial charge in [0.1, 0.15) is 5.75 Å². The van der Waals surface area contributed by atoms with E-state index in [9.17, 15) is 0 Å². The van der Waals surface area contributed by atoms with E-state index in [4.69, 9.17) is 14.2 Å². The fourth-order valence-corrected chi connectivity index (χ4v) is 5.28. The molecule has 0 aliphatic heterocycles. The van der Waals surface area contributed by atoms with Crippen molar-refractivity contribution in [2.45, 2.75) is 65.2 Å². The van der Waals surface area contributed by atoms with Crippen LogP contribution in [0.3, 0.4) is 0 Å². The highest BCUT2D eigenvalue weighted by Crippen LogP contribution is 2.12. The summed E-state index contributed by atoms with van der Waals surface area (Å²) in [5, 5.41) is 0. The molecule has 0 spiro atoms. The summed E-state index contributed by atoms with van der Waals surface area (Å²) in [7, 11) is 3.32. The molecule has 4 heteroatoms. The Morgan fingerprint density at radius 1 is 0.966 bits per heavy atom. The maximum absolute atomic E-state index is 5.91. The highest BCUT2D eigenvalue weighted by atomic mass is 127. The Balaban J connectivity index is 2.44. The summed E-state index contributed by atoms with van der Waals surface area (Å²) in [5.41, 5.74) is 1.13. The molecule has 0 amide bonds. The summed E-state index contributed by atoms with van der Waals surface area (Å²) >= 11 is -0.393. The second-order valence-electron chi connectivity index (χ2n) is 7.03. The normalized spacial score (nSPS) is 12.0. The Morgan fingerprint density at radius 3 is 2.17 bits per heavy atom. The maximum atomic E-state index is 5.91. The Bertz CT molecular complexity index is 632. The van der Waals surface area contributed by atoms with Gasteiger partial charge in [-0.1, -0.05) is 58.4 Å². The SMILES string of the molecule is C=C(OC)/C([I+]c1ccc(OCCCCCCCCCC)cc1)=C(C)\C=C\OC. The van der Waals surface area contributed by atoms with Crippen molar-refractivity contribution in [3.63, 3.8) is 0 Å². The molecular weight excluding hydrogens is 475 g/mol. The number of ether oxygens (including phenoxy) is 3. The van der Waals surface area contributed by atoms with Crippen molar-refractivity contribution < 1.29 is 35.4 Å². The lowest BCUT2D eigenvalue weighted by Crippen LogP contribution is -3.61. The number of benzene rings is 1. The average molecular weight is 513 g/mol. The molecule has 1 rings (SSSR count). The Kier molecular flexibility index (Phi) is 14.5. The van der Waals surface area contributed by atoms with E-state index >= 15 is 0 Å². The molecule has 0 radical (unpaired) electrons. The maximum Gasteiger partial charge on any atom is 0.362 e. The van der Waals surface area contributed by atoms with Crippen LogP contribution >= 0.6 is 0 Å². The van der Waals surface area contributed by atoms with Gasteiger partial charge in [-0.25, -0.2) is 0 Å². The smallest absolute Gasteiger partial charge is 0.362 e. The third kappa shape index (κ3) is 11.4. The molecule has 0 fully saturated rings. The number of halogens is 1. The van der Waals surface area contributed by atoms with Crippen molar-refractivity contribution in [1.29, 1.82) is 0 Å². The lowest BCUT2D eigenvalue weighted by atomic mass is 10.1. The van der Waals surface area contributed by atoms with Gasteiger partial charge in [-0.3, -0.25) is 0 Å². The van der Waals surface area contributed by atoms with Crippen molar-refractivity contribution in [3.05, 3.63) is 61.7 Å². The minimum Gasteiger partial charge on any atom is -0.504 e. The first-order chi connectivity index (χ1) is 14.1. The molecular formula is C25H38IO3+. The quantitative estimate of drug-likeness (QED) is 0.145. The van der Waals surface area contributed by atoms with E-state index in [0.717, 1.165) is 30.1 Å². The van der Waals surface area contributed by atoms with Gasteiger partial charge >= 0.3 is 21.2 Å². The highest BCUT2D eigenvalue weighted by molar-refractivity contribution is 5.29. The molecule has 0 saturated carbocycles. The van der Waals surface area contributed by atoms with Crippen LogP contribution in [-0.2, 0) is 9.47 Å². The van der Waals surface area contributed by atoms with Crippen LogP contribution in [0.5, 0.6) is 5.75 Å². The third-order valence-electron chi connectivity index (χ3n) is 4.58. The van der Waals surface area contributed by atoms with Gasteiger partial charge in [0.2, 0.25) is 3.58 Å². The van der Waals surface area contributed by atoms with Gasteiger partial charge < -0.3 is 14.2 Å². The standard InChI is InChI=1S/C25H38IO3/c1-6-7-8-9-10-11-12-13-19-29-24-16-14-23(15-17-24)26-25(22(3)28-5)21(2)18-20-27-4/h14-18,20H,3,6-13,19H2,1-2,4-5H3/q+1/b20-18+,25-21+. The van der Waals surface area contributed by atoms with Crippen molar-refractivity contribution in [1.82, 2.24) is 0 Å². The molecule has 0 aliphatic carbocycles. The molecule has 0 unspecified atom stereocenters. The molecule has 0 aromatic heterocycles. The van der Waals surface area contributed by atoms with Crippen molar-refractivity contribution in [2.24, 2.45) is 0 Å². The van der Waals surface area contributed by atoms with Gasteiger partial charge in [0.15, 0.2) is 9.33 Å². The van der Waals surface area contributed by atoms with Crippen molar-refractivity contribution in [3.8, 4) is 5.75 Å². The molecule has 0 bridgehead atoms. The lowest BCUT2D eigenvalue weighted by molar-refractivity contribution is -0.575. The van der Waals surface area contributed by atoms with Crippen LogP contribution in [0, 0.1) is 3.57 Å². The van der Waals surface area contributed by atoms with Crippen LogP contribution in [0.1, 0.15) is 65.2 Å². The van der Waals surface area contributed by atoms with Crippen LogP contribution in [-0.4, -0.2) is 20.8 Å². The van der Waals surface area contributed by atoms with E-state index in [2.05, 4.69) is 44.7 Å². The number of rotatable bonds is 16. The molecule has 0 heterocycles. The Hall–Kier alpha value is -1.43. The monoisotopic (exact) mass is 513 g/mol. The predicted octanol–water partition coefficient (Wildman–Crippen LogP) is 4.06. The fraction of sp³-hybridized carbons (Fsp3) is 0.520. The van der Waals surface area contributed by atoms with Gasteiger partial charge in [0.05, 0.1) is 27.1 Å². The van der Waals surface area contributed by atoms with Gasteiger partial charge in [-0.05, 0) is 43.7 Å². The van der Waals surface area contributed by atoms with E-state index < -0.39 is 21.2 Å². The van der Waals surface area contributed by atoms with E-state index in [1.165, 1.54) is 52.1 Å². The Morgan fingerprint density at radius 2 is 1.59 bits per heavy atom. The number of allylic oxidation sites excluding steroid dienone is 3. The zero-order chi connectivity index (χ0) is 21.3. The molecule has 1 aromatic rings. The highest BCUT2D eigenvalue weighted by Gasteiger charge is 2.25. The molecule has 0 N–H and O–H groups in total. The topological polar surface area (TPSA) is 27.7 Å². The lowest BCUT2D eigenvalue weighted by Gasteiger charge is -2.06. The Labute approximate surface area is 188 Å². The minimum absolute atomic E-state index is 0.393. The van der Waals surface area contributed by atoms with E-state index in [0.29, 0.717) is 0 Å². The molecule has 0 atom stereocenters. The van der Waals surface area contributed by atoms with Crippen molar-refractivity contribution >= 4 is 0 Å². The predicted molar refractivity (Wildman–Crippen MR) is 118 cm³/mol. The number of hydrogen-bond donors (Lipinski definition) is 0. The summed E-state index contributed by atoms with van der Waals surface area (Å²) < 4.78 is 18.8. The van der Waals surface area contributed by atoms with Crippen LogP contribution in [0.25, 0.3) is 0 Å². The summed E-state index contributed by atoms with van der Waals surface area (Å²) in [6.07, 6.45) is 14.2. The van der Waals surface area contributed by atoms with Crippen LogP contribution in [0.15, 0.2) is 58.1 Å². The number of hydrogen-bond acceptors (Lipinski definition) is 3. The average Bonchev–Trinajstić information content (AvgIpc) is 2.75. The molecule has 3 nitrogen and oxygen atoms in total. The van der Waals surface area contributed by atoms with Crippen LogP contribution < -0.4 is 25.9 Å². The summed E-state index contributed by atoms with van der Waals surface area (Å²) in [6.45, 7) is 9.18. The largest absolute Gasteiger partial charge is 0.504 e. The van der Waals surface area contributed by atoms with Gasteiger partial charge in [0, 0.05) is 5.57 Å². The second kappa shape index (κ2) is 16.4. The van der Waals surface area contributed by atoms with E-state index in [1.807, 2.05) is 6.08 Å². The number of unbranched alkanes of at least 4 members (excludes halogenated alkanes) is 7. The zero-order valence-corrected chi connectivity index (χ0v) is 20.8. The van der Waals surface area contributed by atoms with E-state index in [-0.39, 0.29) is 0 Å². The molecule has 162 valence electrons. The van der Waals surface area contributed by atoms with Crippen molar-refractivity contribution in [2.75, 3.05) is 20.8 Å². The van der Waals surface area contributed by atoms with Crippen LogP contribution in [0.4, 0.5) is 0 Å². The second-order valence-corrected chi connectivity index (χ2v) is 9.90. The first-order valence-corrected chi connectivity index (χ1v) is 12.8. The summed E-state index contributed by atoms with van der Waals surface area (Å²) in [4.78, 5) is 0. The van der Waals surface area contributed by atoms with Gasteiger partial charge in [0.25, 0.3) is 0 Å². The molecule has 0 saturated heterocycles. The van der Waals surface area contributed by atoms with Gasteiger partial charge in [-0.15, -0.1) is 0 Å². The summed E-state index contributed by atoms with van der Waals surface area (Å²) in [6, 6.07) is 8.47. The summed E-state index contributed by atoms with van der Waals surface area (Å²) in [5.74, 6) is 1.68. The first kappa shape index (κ1) is 25.6. The van der Waals surface area contributed by atoms with Crippen LogP contribution in [0.2, 0.25) is 0 Å². The minimum atomic E-state index is -0.393. The molecule has 29 heavy (non-hydrogen) atoms. The van der Waals surface area contributed by atoms with Gasteiger partial charge in [-0.2, -0.15) is 0 Å². The molecule has 0 aliphatic rings. The van der Waals surface area contributed by atoms with E-state index in [1.54, 1.807) is 20.5 Å². The third-order valence-corrected chi connectivity index (χ3v) is 7.91. The fourth-order valence-electron chi connectivity index (χ4n) is 2.81. The molecule has 1 aromatic carbocycles. The zero-order valence-electron chi connectivity index (χ0n) is 18.6.